The number of nitrogens with one attached hydrogen (secondary N) is 2. The Kier molecular flexibility index (Phi) is 28.7. The number of alkyl halides is 15. The first-order chi connectivity index (χ1) is 43.8. The SMILES string of the molecule is CO.COCc1ccc([C@@](Cc2ccccc2)(NC(=O)c2ccc(F)c(C(F)(F)F)c2)c2cc(F)cc(OC(F)(F)C(F)F)c2)cc1.C[O-].O=C(N[C@](Cc1ccccc1)(c1ccc(CBr)cc1)c1cc(F)cc(OC(F)(F)C(F)F)c1)c1ccc(F)c(C(F)(F)F)c1.[Na+]. The van der Waals surface area contributed by atoms with Gasteiger partial charge in [0.05, 0.1) is 28.8 Å². The Balaban J connectivity index is 0.000000377. The molecule has 8 rings (SSSR count). The zero-order valence-corrected chi connectivity index (χ0v) is 53.0. The molecule has 8 aromatic rings. The second kappa shape index (κ2) is 34.2. The van der Waals surface area contributed by atoms with Gasteiger partial charge in [-0.25, -0.2) is 17.6 Å². The van der Waals surface area contributed by atoms with Crippen LogP contribution in [0.5, 0.6) is 11.5 Å². The minimum Gasteiger partial charge on any atom is -0.857 e. The number of ether oxygens (including phenoxy) is 3. The number of hydrogen-bond acceptors (Lipinski definition) is 7. The number of aliphatic hydroxyl groups excluding tert-OH is 1. The second-order valence-electron chi connectivity index (χ2n) is 19.7. The summed E-state index contributed by atoms with van der Waals surface area (Å²) in [6.45, 7) is 0.161. The summed E-state index contributed by atoms with van der Waals surface area (Å²) in [6.07, 6.45) is -29.3. The van der Waals surface area contributed by atoms with Crippen molar-refractivity contribution in [2.75, 3.05) is 21.3 Å². The molecular formula is C65H52BrF18N2NaO7. The molecule has 498 valence electrons. The van der Waals surface area contributed by atoms with Gasteiger partial charge in [0.2, 0.25) is 0 Å². The third kappa shape index (κ3) is 20.5. The first-order valence-corrected chi connectivity index (χ1v) is 27.8. The number of carbonyl (C=O) groups excluding carboxylic acids is 2. The molecular weight excluding hydrogens is 1370 g/mol. The van der Waals surface area contributed by atoms with Crippen LogP contribution in [-0.4, -0.2) is 63.3 Å². The fourth-order valence-electron chi connectivity index (χ4n) is 9.29. The van der Waals surface area contributed by atoms with Crippen molar-refractivity contribution in [3.05, 3.63) is 272 Å². The minimum atomic E-state index is -5.15. The molecule has 9 nitrogen and oxygen atoms in total. The smallest absolute Gasteiger partial charge is 0.857 e. The number of rotatable bonds is 21. The van der Waals surface area contributed by atoms with Crippen molar-refractivity contribution in [2.45, 2.75) is 73.3 Å². The summed E-state index contributed by atoms with van der Waals surface area (Å²) in [5, 5.41) is 20.9. The molecule has 0 fully saturated rings. The van der Waals surface area contributed by atoms with E-state index in [4.69, 9.17) is 14.9 Å². The molecule has 0 saturated carbocycles. The van der Waals surface area contributed by atoms with Crippen molar-refractivity contribution >= 4 is 27.7 Å². The molecule has 0 aromatic heterocycles. The molecule has 29 heteroatoms. The minimum absolute atomic E-state index is 0. The van der Waals surface area contributed by atoms with Crippen molar-refractivity contribution in [3.8, 4) is 11.5 Å². The number of amides is 2. The predicted octanol–water partition coefficient (Wildman–Crippen LogP) is 12.9. The molecule has 2 atom stereocenters. The third-order valence-corrected chi connectivity index (χ3v) is 14.1. The Hall–Kier alpha value is -7.60. The Bertz CT molecular complexity index is 3740. The van der Waals surface area contributed by atoms with Gasteiger partial charge in [0.15, 0.2) is 0 Å². The summed E-state index contributed by atoms with van der Waals surface area (Å²) < 4.78 is 259. The fraction of sp³-hybridized carbons (Fsp3) is 0.231. The number of carbonyl (C=O) groups is 2. The van der Waals surface area contributed by atoms with Crippen LogP contribution < -0.4 is 54.8 Å². The van der Waals surface area contributed by atoms with E-state index >= 15 is 4.39 Å². The van der Waals surface area contributed by atoms with Gasteiger partial charge in [-0.05, 0) is 105 Å². The summed E-state index contributed by atoms with van der Waals surface area (Å²) in [7, 11) is 3.19. The van der Waals surface area contributed by atoms with Crippen molar-refractivity contribution in [3.63, 3.8) is 0 Å². The topological polar surface area (TPSA) is 129 Å². The second-order valence-corrected chi connectivity index (χ2v) is 20.2. The van der Waals surface area contributed by atoms with E-state index in [-0.39, 0.29) is 71.3 Å². The molecule has 0 aliphatic carbocycles. The molecule has 0 unspecified atom stereocenters. The standard InChI is InChI=1S/C32H24F9NO3.C31H21BrF9NO2.CH4O.CH3O.Na/c1-44-18-20-7-10-22(11-8-20)30(17-19-5-3-2-4-6-19,23-14-24(33)16-25(15-23)45-32(40,41)29(35)36)42-28(43)21-9-12-27(34)26(13-21)31(37,38)39;32-17-19-6-9-21(10-7-19)29(16-18-4-2-1-3-5-18,22-13-23(33)15-24(14-22)44-31(40,41)28(35)36)42-27(43)20-8-11-26(34)25(12-20)30(37,38)39;2*1-2;/h2-16,29H,17-18H2,1H3,(H,42,43);1-15,28H,16-17H2,(H,42,43);2H,1H3;1H3;/q;;;-1;+1/t30-;29-;;;/m11.../s1. The van der Waals surface area contributed by atoms with Gasteiger partial charge in [-0.1, -0.05) is 125 Å². The predicted molar refractivity (Wildman–Crippen MR) is 306 cm³/mol. The van der Waals surface area contributed by atoms with E-state index < -0.39 is 117 Å². The van der Waals surface area contributed by atoms with Crippen molar-refractivity contribution in [1.29, 1.82) is 0 Å². The zero-order chi connectivity index (χ0) is 69.3. The number of aliphatic hydroxyl groups is 1. The average molecular weight is 1420 g/mol. The van der Waals surface area contributed by atoms with Crippen LogP contribution >= 0.6 is 15.9 Å². The van der Waals surface area contributed by atoms with Gasteiger partial charge in [-0.3, -0.25) is 9.59 Å². The number of halogens is 19. The quantitative estimate of drug-likeness (QED) is 0.0371. The number of methoxy groups -OCH3 is 1. The summed E-state index contributed by atoms with van der Waals surface area (Å²) in [5.74, 6) is -10.0. The van der Waals surface area contributed by atoms with Crippen LogP contribution in [0.4, 0.5) is 79.0 Å². The van der Waals surface area contributed by atoms with E-state index in [1.54, 1.807) is 84.9 Å². The zero-order valence-electron chi connectivity index (χ0n) is 49.4. The van der Waals surface area contributed by atoms with E-state index in [1.165, 1.54) is 31.4 Å². The molecule has 2 amide bonds. The van der Waals surface area contributed by atoms with Gasteiger partial charge in [-0.15, -0.1) is 0 Å². The summed E-state index contributed by atoms with van der Waals surface area (Å²) in [5.41, 5.74) is -6.30. The van der Waals surface area contributed by atoms with Crippen LogP contribution in [0.2, 0.25) is 0 Å². The van der Waals surface area contributed by atoms with Crippen LogP contribution in [-0.2, 0) is 52.9 Å². The van der Waals surface area contributed by atoms with E-state index in [0.717, 1.165) is 56.2 Å². The van der Waals surface area contributed by atoms with Gasteiger partial charge < -0.3 is 35.1 Å². The normalized spacial score (nSPS) is 12.8. The third-order valence-electron chi connectivity index (χ3n) is 13.4. The van der Waals surface area contributed by atoms with Gasteiger partial charge in [0.1, 0.15) is 34.8 Å². The van der Waals surface area contributed by atoms with E-state index in [9.17, 15) is 84.2 Å². The molecule has 0 radical (unpaired) electrons. The number of hydrogen-bond donors (Lipinski definition) is 3. The Morgan fingerprint density at radius 3 is 1.12 bits per heavy atom. The first kappa shape index (κ1) is 78.8. The van der Waals surface area contributed by atoms with Crippen molar-refractivity contribution < 1.29 is 143 Å². The monoisotopic (exact) mass is 1420 g/mol. The van der Waals surface area contributed by atoms with Crippen molar-refractivity contribution in [2.24, 2.45) is 0 Å². The van der Waals surface area contributed by atoms with E-state index in [2.05, 4.69) is 36.0 Å². The van der Waals surface area contributed by atoms with Crippen LogP contribution in [0.15, 0.2) is 182 Å². The molecule has 8 aromatic carbocycles. The van der Waals surface area contributed by atoms with E-state index in [1.807, 2.05) is 0 Å². The average Bonchev–Trinajstić information content (AvgIpc) is 0.765. The maximum atomic E-state index is 15.0. The molecule has 3 N–H and O–H groups in total. The molecule has 0 heterocycles. The van der Waals surface area contributed by atoms with Gasteiger partial charge in [0.25, 0.3) is 11.8 Å². The largest absolute Gasteiger partial charge is 1.00 e. The summed E-state index contributed by atoms with van der Waals surface area (Å²) in [6, 6.07) is 36.1. The molecule has 0 saturated heterocycles. The van der Waals surface area contributed by atoms with Crippen LogP contribution in [0.25, 0.3) is 0 Å². The maximum absolute atomic E-state index is 15.0. The molecule has 0 aliphatic heterocycles. The first-order valence-electron chi connectivity index (χ1n) is 26.7. The van der Waals surface area contributed by atoms with Crippen LogP contribution in [0, 0.1) is 23.3 Å². The molecule has 0 bridgehead atoms. The molecule has 94 heavy (non-hydrogen) atoms. The number of benzene rings is 8. The van der Waals surface area contributed by atoms with Gasteiger partial charge in [0, 0.05) is 55.7 Å². The Labute approximate surface area is 556 Å². The van der Waals surface area contributed by atoms with Crippen LogP contribution in [0.3, 0.4) is 0 Å². The summed E-state index contributed by atoms with van der Waals surface area (Å²) >= 11 is 3.30. The Morgan fingerprint density at radius 2 is 0.809 bits per heavy atom. The van der Waals surface area contributed by atoms with Crippen LogP contribution in [0.1, 0.15) is 76.4 Å². The van der Waals surface area contributed by atoms with Crippen molar-refractivity contribution in [1.82, 2.24) is 10.6 Å². The molecule has 0 spiro atoms. The summed E-state index contributed by atoms with van der Waals surface area (Å²) in [4.78, 5) is 27.3. The van der Waals surface area contributed by atoms with Gasteiger partial charge >= 0.3 is 67.0 Å². The van der Waals surface area contributed by atoms with Gasteiger partial charge in [-0.2, -0.15) is 68.6 Å². The Morgan fingerprint density at radius 1 is 0.468 bits per heavy atom. The molecule has 0 aliphatic rings. The fourth-order valence-corrected chi connectivity index (χ4v) is 9.67. The van der Waals surface area contributed by atoms with E-state index in [0.29, 0.717) is 58.4 Å². The maximum Gasteiger partial charge on any atom is 1.00 e.